The Bertz CT molecular complexity index is 907. The number of halogens is 1. The van der Waals surface area contributed by atoms with Crippen molar-refractivity contribution in [2.75, 3.05) is 11.6 Å². The number of rotatable bonds is 5. The van der Waals surface area contributed by atoms with Crippen LogP contribution in [0.4, 0.5) is 6.01 Å². The average Bonchev–Trinajstić information content (AvgIpc) is 3.09. The zero-order chi connectivity index (χ0) is 17.6. The summed E-state index contributed by atoms with van der Waals surface area (Å²) < 4.78 is 5.47. The van der Waals surface area contributed by atoms with E-state index in [1.54, 1.807) is 23.9 Å². The van der Waals surface area contributed by atoms with E-state index in [0.29, 0.717) is 10.9 Å². The van der Waals surface area contributed by atoms with E-state index in [1.165, 1.54) is 6.08 Å². The molecular formula is C18H14ClN3O2S. The van der Waals surface area contributed by atoms with Gasteiger partial charge >= 0.3 is 6.01 Å². The molecule has 0 saturated heterocycles. The quantitative estimate of drug-likeness (QED) is 0.517. The Hall–Kier alpha value is -2.57. The molecule has 7 heteroatoms. The van der Waals surface area contributed by atoms with E-state index in [-0.39, 0.29) is 11.9 Å². The fraction of sp³-hybridized carbons (Fsp3) is 0.0556. The van der Waals surface area contributed by atoms with Crippen LogP contribution in [0.3, 0.4) is 0 Å². The van der Waals surface area contributed by atoms with Gasteiger partial charge in [0.1, 0.15) is 0 Å². The molecule has 3 aromatic rings. The Kier molecular flexibility index (Phi) is 5.53. The summed E-state index contributed by atoms with van der Waals surface area (Å²) in [4.78, 5) is 13.1. The summed E-state index contributed by atoms with van der Waals surface area (Å²) in [5.41, 5.74) is 1.54. The third kappa shape index (κ3) is 4.49. The van der Waals surface area contributed by atoms with Crippen LogP contribution in [-0.4, -0.2) is 22.4 Å². The van der Waals surface area contributed by atoms with Crippen LogP contribution in [0.15, 0.2) is 63.9 Å². The highest BCUT2D eigenvalue weighted by atomic mass is 35.5. The second-order valence-electron chi connectivity index (χ2n) is 4.98. The molecule has 0 atom stereocenters. The molecule has 126 valence electrons. The molecule has 0 aliphatic carbocycles. The van der Waals surface area contributed by atoms with E-state index in [4.69, 9.17) is 16.0 Å². The van der Waals surface area contributed by atoms with Crippen LogP contribution in [0.2, 0.25) is 5.02 Å². The summed E-state index contributed by atoms with van der Waals surface area (Å²) in [6.07, 6.45) is 4.99. The molecule has 1 amide bonds. The number of hydrogen-bond donors (Lipinski definition) is 1. The average molecular weight is 372 g/mol. The SMILES string of the molecule is CSc1ccc(-c2nnc(NC(=O)/C=C/c3ccccc3Cl)o2)cc1. The van der Waals surface area contributed by atoms with Crippen LogP contribution in [-0.2, 0) is 4.79 Å². The molecule has 5 nitrogen and oxygen atoms in total. The van der Waals surface area contributed by atoms with Gasteiger partial charge in [-0.25, -0.2) is 0 Å². The number of benzene rings is 2. The molecule has 0 aliphatic rings. The van der Waals surface area contributed by atoms with Gasteiger partial charge in [-0.3, -0.25) is 10.1 Å². The number of carbonyl (C=O) groups is 1. The third-order valence-corrected chi connectivity index (χ3v) is 4.40. The summed E-state index contributed by atoms with van der Waals surface area (Å²) in [6.45, 7) is 0. The molecule has 1 heterocycles. The van der Waals surface area contributed by atoms with Gasteiger partial charge in [-0.2, -0.15) is 0 Å². The molecule has 25 heavy (non-hydrogen) atoms. The van der Waals surface area contributed by atoms with Gasteiger partial charge < -0.3 is 4.42 Å². The predicted molar refractivity (Wildman–Crippen MR) is 101 cm³/mol. The first kappa shape index (κ1) is 17.3. The van der Waals surface area contributed by atoms with E-state index in [1.807, 2.05) is 48.7 Å². The van der Waals surface area contributed by atoms with E-state index < -0.39 is 0 Å². The smallest absolute Gasteiger partial charge is 0.322 e. The number of thioether (sulfide) groups is 1. The van der Waals surface area contributed by atoms with E-state index in [9.17, 15) is 4.79 Å². The minimum atomic E-state index is -0.382. The Morgan fingerprint density at radius 1 is 1.16 bits per heavy atom. The first-order valence-corrected chi connectivity index (χ1v) is 8.97. The number of anilines is 1. The molecule has 2 aromatic carbocycles. The van der Waals surface area contributed by atoms with Crippen LogP contribution in [0.5, 0.6) is 0 Å². The van der Waals surface area contributed by atoms with Crippen molar-refractivity contribution >= 4 is 41.4 Å². The maximum absolute atomic E-state index is 12.0. The summed E-state index contributed by atoms with van der Waals surface area (Å²) in [7, 11) is 0. The van der Waals surface area contributed by atoms with Gasteiger partial charge in [0.15, 0.2) is 0 Å². The maximum Gasteiger partial charge on any atom is 0.322 e. The van der Waals surface area contributed by atoms with Crippen molar-refractivity contribution in [2.24, 2.45) is 0 Å². The van der Waals surface area contributed by atoms with E-state index in [2.05, 4.69) is 15.5 Å². The normalized spacial score (nSPS) is 11.0. The molecule has 0 aliphatic heterocycles. The van der Waals surface area contributed by atoms with E-state index in [0.717, 1.165) is 16.0 Å². The number of nitrogens with zero attached hydrogens (tertiary/aromatic N) is 2. The molecular weight excluding hydrogens is 358 g/mol. The van der Waals surface area contributed by atoms with Crippen LogP contribution in [0.25, 0.3) is 17.5 Å². The molecule has 3 rings (SSSR count). The second-order valence-corrected chi connectivity index (χ2v) is 6.27. The van der Waals surface area contributed by atoms with Crippen LogP contribution in [0.1, 0.15) is 5.56 Å². The van der Waals surface area contributed by atoms with Crippen molar-refractivity contribution in [1.82, 2.24) is 10.2 Å². The van der Waals surface area contributed by atoms with Gasteiger partial charge in [0.2, 0.25) is 5.89 Å². The van der Waals surface area contributed by atoms with Gasteiger partial charge in [-0.1, -0.05) is 34.9 Å². The first-order chi connectivity index (χ1) is 12.2. The van der Waals surface area contributed by atoms with Crippen molar-refractivity contribution in [2.45, 2.75) is 4.90 Å². The first-order valence-electron chi connectivity index (χ1n) is 7.37. The summed E-state index contributed by atoms with van der Waals surface area (Å²) in [6, 6.07) is 15.0. The monoisotopic (exact) mass is 371 g/mol. The fourth-order valence-electron chi connectivity index (χ4n) is 2.05. The minimum Gasteiger partial charge on any atom is -0.403 e. The molecule has 0 radical (unpaired) electrons. The Morgan fingerprint density at radius 3 is 2.64 bits per heavy atom. The highest BCUT2D eigenvalue weighted by Gasteiger charge is 2.10. The second kappa shape index (κ2) is 8.00. The summed E-state index contributed by atoms with van der Waals surface area (Å²) in [5, 5.41) is 10.9. The summed E-state index contributed by atoms with van der Waals surface area (Å²) in [5.74, 6) is -0.0362. The van der Waals surface area contributed by atoms with Crippen LogP contribution < -0.4 is 5.32 Å². The molecule has 1 N–H and O–H groups in total. The van der Waals surface area contributed by atoms with Crippen molar-refractivity contribution in [3.05, 3.63) is 65.2 Å². The predicted octanol–water partition coefficient (Wildman–Crippen LogP) is 4.76. The van der Waals surface area contributed by atoms with Gasteiger partial charge in [0, 0.05) is 21.6 Å². The van der Waals surface area contributed by atoms with Crippen molar-refractivity contribution < 1.29 is 9.21 Å². The largest absolute Gasteiger partial charge is 0.403 e. The standard InChI is InChI=1S/C18H14ClN3O2S/c1-25-14-9-6-13(7-10-14)17-21-22-18(24-17)20-16(23)11-8-12-4-2-3-5-15(12)19/h2-11H,1H3,(H,20,22,23)/b11-8+. The number of amides is 1. The van der Waals surface area contributed by atoms with E-state index >= 15 is 0 Å². The van der Waals surface area contributed by atoms with Gasteiger partial charge in [-0.05, 0) is 48.2 Å². The molecule has 1 aromatic heterocycles. The molecule has 0 spiro atoms. The lowest BCUT2D eigenvalue weighted by molar-refractivity contribution is -0.112. The highest BCUT2D eigenvalue weighted by molar-refractivity contribution is 7.98. The van der Waals surface area contributed by atoms with Gasteiger partial charge in [0.25, 0.3) is 5.91 Å². The van der Waals surface area contributed by atoms with Crippen LogP contribution >= 0.6 is 23.4 Å². The highest BCUT2D eigenvalue weighted by Crippen LogP contribution is 2.23. The number of nitrogens with one attached hydrogen (secondary N) is 1. The van der Waals surface area contributed by atoms with Crippen molar-refractivity contribution in [1.29, 1.82) is 0 Å². The van der Waals surface area contributed by atoms with Crippen molar-refractivity contribution in [3.63, 3.8) is 0 Å². The lowest BCUT2D eigenvalue weighted by Crippen LogP contribution is -2.07. The van der Waals surface area contributed by atoms with Crippen LogP contribution in [0, 0.1) is 0 Å². The van der Waals surface area contributed by atoms with Gasteiger partial charge in [-0.15, -0.1) is 16.9 Å². The van der Waals surface area contributed by atoms with Gasteiger partial charge in [0.05, 0.1) is 0 Å². The van der Waals surface area contributed by atoms with Crippen molar-refractivity contribution in [3.8, 4) is 11.5 Å². The fourth-order valence-corrected chi connectivity index (χ4v) is 2.65. The zero-order valence-corrected chi connectivity index (χ0v) is 14.8. The maximum atomic E-state index is 12.0. The minimum absolute atomic E-state index is 0.0396. The molecule has 0 fully saturated rings. The zero-order valence-electron chi connectivity index (χ0n) is 13.3. The molecule has 0 unspecified atom stereocenters. The topological polar surface area (TPSA) is 68.0 Å². The Balaban J connectivity index is 1.66. The lowest BCUT2D eigenvalue weighted by atomic mass is 10.2. The summed E-state index contributed by atoms with van der Waals surface area (Å²) >= 11 is 7.69. The lowest BCUT2D eigenvalue weighted by Gasteiger charge is -1.98. The third-order valence-electron chi connectivity index (χ3n) is 3.31. The molecule has 0 saturated carbocycles. The Labute approximate surface area is 154 Å². The Morgan fingerprint density at radius 2 is 1.92 bits per heavy atom. The number of hydrogen-bond acceptors (Lipinski definition) is 5. The number of aromatic nitrogens is 2. The number of carbonyl (C=O) groups excluding carboxylic acids is 1. The molecule has 0 bridgehead atoms.